The Balaban J connectivity index is 1.42. The Bertz CT molecular complexity index is 1080. The normalized spacial score (nSPS) is 16.1. The lowest BCUT2D eigenvalue weighted by Gasteiger charge is -2.40. The Morgan fingerprint density at radius 3 is 2.23 bits per heavy atom. The van der Waals surface area contributed by atoms with Gasteiger partial charge in [-0.3, -0.25) is 14.7 Å². The van der Waals surface area contributed by atoms with Gasteiger partial charge >= 0.3 is 6.18 Å². The standard InChI is InChI=1S/C28H30F3N3O/c1-33(27(35)25-9-5-6-16-32-25)26(19-21-7-3-2-4-8-21)23-14-17-34(18-15-23)20-22-10-12-24(13-11-22)28(29,30)31/h2-13,16,23,26H,14-15,17-20H2,1H3. The number of nitrogens with zero attached hydrogens (tertiary/aromatic N) is 3. The number of halogens is 3. The van der Waals surface area contributed by atoms with Crippen molar-refractivity contribution < 1.29 is 18.0 Å². The van der Waals surface area contributed by atoms with Crippen molar-refractivity contribution in [3.63, 3.8) is 0 Å². The Kier molecular flexibility index (Phi) is 7.86. The summed E-state index contributed by atoms with van der Waals surface area (Å²) >= 11 is 0. The second-order valence-electron chi connectivity index (χ2n) is 9.20. The number of pyridine rings is 1. The smallest absolute Gasteiger partial charge is 0.337 e. The van der Waals surface area contributed by atoms with Gasteiger partial charge < -0.3 is 4.90 Å². The minimum atomic E-state index is -4.32. The van der Waals surface area contributed by atoms with Gasteiger partial charge in [-0.25, -0.2) is 0 Å². The van der Waals surface area contributed by atoms with Crippen molar-refractivity contribution in [3.8, 4) is 0 Å². The Morgan fingerprint density at radius 2 is 1.63 bits per heavy atom. The second-order valence-corrected chi connectivity index (χ2v) is 9.20. The van der Waals surface area contributed by atoms with Crippen molar-refractivity contribution >= 4 is 5.91 Å². The molecule has 1 saturated heterocycles. The molecule has 0 radical (unpaired) electrons. The molecule has 2 aromatic carbocycles. The predicted molar refractivity (Wildman–Crippen MR) is 130 cm³/mol. The van der Waals surface area contributed by atoms with Crippen LogP contribution in [0.5, 0.6) is 0 Å². The molecule has 2 heterocycles. The molecule has 0 N–H and O–H groups in total. The number of carbonyl (C=O) groups excluding carboxylic acids is 1. The van der Waals surface area contributed by atoms with Crippen molar-refractivity contribution in [2.45, 2.75) is 38.0 Å². The van der Waals surface area contributed by atoms with Crippen LogP contribution in [0.2, 0.25) is 0 Å². The minimum Gasteiger partial charge on any atom is -0.337 e. The van der Waals surface area contributed by atoms with Crippen LogP contribution in [0.3, 0.4) is 0 Å². The molecule has 35 heavy (non-hydrogen) atoms. The highest BCUT2D eigenvalue weighted by atomic mass is 19.4. The van der Waals surface area contributed by atoms with E-state index in [1.807, 2.05) is 36.2 Å². The molecule has 1 fully saturated rings. The Hall–Kier alpha value is -3.19. The number of aromatic nitrogens is 1. The third-order valence-electron chi connectivity index (χ3n) is 6.85. The zero-order valence-corrected chi connectivity index (χ0v) is 19.8. The van der Waals surface area contributed by atoms with Gasteiger partial charge in [-0.15, -0.1) is 0 Å². The number of amides is 1. The molecule has 1 aliphatic heterocycles. The van der Waals surface area contributed by atoms with Crippen LogP contribution < -0.4 is 0 Å². The molecular formula is C28H30F3N3O. The Labute approximate surface area is 204 Å². The molecule has 1 atom stereocenters. The van der Waals surface area contributed by atoms with Crippen LogP contribution in [0, 0.1) is 5.92 Å². The van der Waals surface area contributed by atoms with E-state index in [0.717, 1.165) is 50.0 Å². The lowest BCUT2D eigenvalue weighted by atomic mass is 9.84. The summed E-state index contributed by atoms with van der Waals surface area (Å²) in [6, 6.07) is 21.0. The summed E-state index contributed by atoms with van der Waals surface area (Å²) in [6.45, 7) is 2.29. The van der Waals surface area contributed by atoms with Crippen LogP contribution in [0.4, 0.5) is 13.2 Å². The third-order valence-corrected chi connectivity index (χ3v) is 6.85. The van der Waals surface area contributed by atoms with Gasteiger partial charge in [-0.05, 0) is 73.7 Å². The summed E-state index contributed by atoms with van der Waals surface area (Å²) in [7, 11) is 1.86. The van der Waals surface area contributed by atoms with Crippen LogP contribution in [0.1, 0.15) is 40.0 Å². The van der Waals surface area contributed by atoms with Gasteiger partial charge in [0.1, 0.15) is 5.69 Å². The maximum absolute atomic E-state index is 13.2. The van der Waals surface area contributed by atoms with Crippen LogP contribution >= 0.6 is 0 Å². The first kappa shape index (κ1) is 24.9. The summed E-state index contributed by atoms with van der Waals surface area (Å²) < 4.78 is 38.5. The van der Waals surface area contributed by atoms with E-state index < -0.39 is 11.7 Å². The number of benzene rings is 2. The highest BCUT2D eigenvalue weighted by Crippen LogP contribution is 2.30. The number of rotatable bonds is 7. The topological polar surface area (TPSA) is 36.4 Å². The summed E-state index contributed by atoms with van der Waals surface area (Å²) in [4.78, 5) is 21.6. The SMILES string of the molecule is CN(C(=O)c1ccccn1)C(Cc1ccccc1)C1CCN(Cc2ccc(C(F)(F)F)cc2)CC1. The highest BCUT2D eigenvalue weighted by molar-refractivity contribution is 5.92. The number of likely N-dealkylation sites (tertiary alicyclic amines) is 1. The molecule has 4 nitrogen and oxygen atoms in total. The fourth-order valence-electron chi connectivity index (χ4n) is 4.85. The lowest BCUT2D eigenvalue weighted by Crippen LogP contribution is -2.47. The number of piperidine rings is 1. The van der Waals surface area contributed by atoms with E-state index in [2.05, 4.69) is 22.0 Å². The van der Waals surface area contributed by atoms with E-state index >= 15 is 0 Å². The molecular weight excluding hydrogens is 451 g/mol. The quantitative estimate of drug-likeness (QED) is 0.435. The fourth-order valence-corrected chi connectivity index (χ4v) is 4.85. The van der Waals surface area contributed by atoms with Crippen molar-refractivity contribution in [2.24, 2.45) is 5.92 Å². The van der Waals surface area contributed by atoms with E-state index in [9.17, 15) is 18.0 Å². The molecule has 1 aromatic heterocycles. The van der Waals surface area contributed by atoms with E-state index in [1.165, 1.54) is 5.56 Å². The fraction of sp³-hybridized carbons (Fsp3) is 0.357. The van der Waals surface area contributed by atoms with Gasteiger partial charge in [0.25, 0.3) is 5.91 Å². The highest BCUT2D eigenvalue weighted by Gasteiger charge is 2.33. The van der Waals surface area contributed by atoms with E-state index in [0.29, 0.717) is 18.2 Å². The molecule has 0 bridgehead atoms. The van der Waals surface area contributed by atoms with Gasteiger partial charge in [0.15, 0.2) is 0 Å². The molecule has 0 aliphatic carbocycles. The van der Waals surface area contributed by atoms with Gasteiger partial charge in [-0.2, -0.15) is 13.2 Å². The third kappa shape index (κ3) is 6.48. The minimum absolute atomic E-state index is 0.0279. The zero-order chi connectivity index (χ0) is 24.8. The first-order valence-electron chi connectivity index (χ1n) is 11.9. The molecule has 4 rings (SSSR count). The van der Waals surface area contributed by atoms with Crippen LogP contribution in [-0.4, -0.2) is 46.9 Å². The Morgan fingerprint density at radius 1 is 0.971 bits per heavy atom. The monoisotopic (exact) mass is 481 g/mol. The van der Waals surface area contributed by atoms with Crippen LogP contribution in [0.15, 0.2) is 79.0 Å². The maximum atomic E-state index is 13.2. The summed E-state index contributed by atoms with van der Waals surface area (Å²) in [5.74, 6) is 0.232. The molecule has 3 aromatic rings. The molecule has 1 aliphatic rings. The molecule has 7 heteroatoms. The molecule has 0 saturated carbocycles. The summed E-state index contributed by atoms with van der Waals surface area (Å²) in [5.41, 5.74) is 1.88. The second kappa shape index (κ2) is 11.0. The van der Waals surface area contributed by atoms with Crippen molar-refractivity contribution in [1.29, 1.82) is 0 Å². The van der Waals surface area contributed by atoms with Crippen LogP contribution in [0.25, 0.3) is 0 Å². The van der Waals surface area contributed by atoms with Gasteiger partial charge in [0.05, 0.1) is 5.56 Å². The number of likely N-dealkylation sites (N-methyl/N-ethyl adjacent to an activating group) is 1. The van der Waals surface area contributed by atoms with Crippen molar-refractivity contribution in [3.05, 3.63) is 101 Å². The molecule has 1 unspecified atom stereocenters. The number of hydrogen-bond acceptors (Lipinski definition) is 3. The maximum Gasteiger partial charge on any atom is 0.416 e. The first-order chi connectivity index (χ1) is 16.8. The van der Waals surface area contributed by atoms with Gasteiger partial charge in [-0.1, -0.05) is 48.5 Å². The first-order valence-corrected chi connectivity index (χ1v) is 11.9. The van der Waals surface area contributed by atoms with E-state index in [4.69, 9.17) is 0 Å². The van der Waals surface area contributed by atoms with Gasteiger partial charge in [0, 0.05) is 25.8 Å². The molecule has 184 valence electrons. The number of carbonyl (C=O) groups is 1. The zero-order valence-electron chi connectivity index (χ0n) is 19.8. The summed E-state index contributed by atoms with van der Waals surface area (Å²) in [5, 5.41) is 0. The van der Waals surface area contributed by atoms with Crippen molar-refractivity contribution in [2.75, 3.05) is 20.1 Å². The van der Waals surface area contributed by atoms with E-state index in [1.54, 1.807) is 30.5 Å². The lowest BCUT2D eigenvalue weighted by molar-refractivity contribution is -0.137. The molecule has 1 amide bonds. The summed E-state index contributed by atoms with van der Waals surface area (Å²) in [6.07, 6.45) is -0.0915. The number of alkyl halides is 3. The predicted octanol–water partition coefficient (Wildman–Crippen LogP) is 5.70. The van der Waals surface area contributed by atoms with Gasteiger partial charge in [0.2, 0.25) is 0 Å². The largest absolute Gasteiger partial charge is 0.416 e. The number of hydrogen-bond donors (Lipinski definition) is 0. The molecule has 0 spiro atoms. The van der Waals surface area contributed by atoms with Crippen molar-refractivity contribution in [1.82, 2.24) is 14.8 Å². The average molecular weight is 482 g/mol. The van der Waals surface area contributed by atoms with E-state index in [-0.39, 0.29) is 11.9 Å². The average Bonchev–Trinajstić information content (AvgIpc) is 2.88. The van der Waals surface area contributed by atoms with Crippen LogP contribution in [-0.2, 0) is 19.1 Å².